The maximum Gasteiger partial charge on any atom is 0.235 e. The van der Waals surface area contributed by atoms with Crippen LogP contribution in [0.2, 0.25) is 0 Å². The predicted molar refractivity (Wildman–Crippen MR) is 47.4 cm³/mol. The van der Waals surface area contributed by atoms with E-state index in [9.17, 15) is 4.79 Å². The number of aliphatic imine (C=N–C) groups is 1. The molecule has 0 radical (unpaired) electrons. The average molecular weight is 185 g/mol. The van der Waals surface area contributed by atoms with Crippen molar-refractivity contribution >= 4 is 6.08 Å². The Kier molecular flexibility index (Phi) is 4.09. The zero-order valence-corrected chi connectivity index (χ0v) is 7.91. The first-order valence-corrected chi connectivity index (χ1v) is 4.49. The number of ether oxygens (including phenoxy) is 2. The summed E-state index contributed by atoms with van der Waals surface area (Å²) in [5.74, 6) is 0. The number of hydrogen-bond donors (Lipinski definition) is 0. The molecule has 1 atom stereocenters. The van der Waals surface area contributed by atoms with Gasteiger partial charge in [0.25, 0.3) is 0 Å². The molecule has 1 saturated heterocycles. The van der Waals surface area contributed by atoms with E-state index in [4.69, 9.17) is 9.47 Å². The molecule has 1 fully saturated rings. The van der Waals surface area contributed by atoms with Crippen LogP contribution in [0.4, 0.5) is 0 Å². The van der Waals surface area contributed by atoms with Crippen LogP contribution in [0.1, 0.15) is 19.3 Å². The number of nitrogens with zero attached hydrogens (tertiary/aromatic N) is 1. The van der Waals surface area contributed by atoms with E-state index in [2.05, 4.69) is 4.99 Å². The van der Waals surface area contributed by atoms with Crippen molar-refractivity contribution in [2.45, 2.75) is 24.9 Å². The Labute approximate surface area is 77.9 Å². The van der Waals surface area contributed by atoms with Crippen molar-refractivity contribution in [2.24, 2.45) is 4.99 Å². The van der Waals surface area contributed by atoms with Crippen LogP contribution in [0, 0.1) is 0 Å². The van der Waals surface area contributed by atoms with Crippen LogP contribution >= 0.6 is 0 Å². The average Bonchev–Trinajstić information content (AvgIpc) is 2.17. The quantitative estimate of drug-likeness (QED) is 0.483. The molecule has 0 aliphatic carbocycles. The molecule has 13 heavy (non-hydrogen) atoms. The van der Waals surface area contributed by atoms with Crippen molar-refractivity contribution in [1.29, 1.82) is 0 Å². The van der Waals surface area contributed by atoms with E-state index in [0.29, 0.717) is 13.2 Å². The third-order valence-electron chi connectivity index (χ3n) is 2.27. The second kappa shape index (κ2) is 5.12. The molecule has 0 amide bonds. The summed E-state index contributed by atoms with van der Waals surface area (Å²) < 4.78 is 10.7. The monoisotopic (exact) mass is 185 g/mol. The lowest BCUT2D eigenvalue weighted by Gasteiger charge is -2.34. The molecule has 1 aliphatic rings. The van der Waals surface area contributed by atoms with Crippen LogP contribution in [0.15, 0.2) is 4.99 Å². The summed E-state index contributed by atoms with van der Waals surface area (Å²) in [6.45, 7) is 1.60. The molecular weight excluding hydrogens is 170 g/mol. The van der Waals surface area contributed by atoms with Gasteiger partial charge in [0.05, 0.1) is 13.2 Å². The predicted octanol–water partition coefficient (Wildman–Crippen LogP) is 0.908. The summed E-state index contributed by atoms with van der Waals surface area (Å²) in [5.41, 5.74) is -0.371. The summed E-state index contributed by atoms with van der Waals surface area (Å²) in [4.78, 5) is 13.6. The van der Waals surface area contributed by atoms with Gasteiger partial charge in [-0.15, -0.1) is 0 Å². The first-order valence-electron chi connectivity index (χ1n) is 4.49. The fourth-order valence-electron chi connectivity index (χ4n) is 1.63. The molecule has 4 nitrogen and oxygen atoms in total. The molecule has 0 aromatic rings. The molecule has 0 saturated carbocycles. The van der Waals surface area contributed by atoms with Gasteiger partial charge in [-0.1, -0.05) is 0 Å². The van der Waals surface area contributed by atoms with Crippen molar-refractivity contribution in [3.05, 3.63) is 0 Å². The lowest BCUT2D eigenvalue weighted by Crippen LogP contribution is -2.43. The van der Waals surface area contributed by atoms with Gasteiger partial charge in [-0.2, -0.15) is 0 Å². The van der Waals surface area contributed by atoms with Gasteiger partial charge in [0.1, 0.15) is 5.60 Å². The molecule has 0 aromatic heterocycles. The zero-order valence-electron chi connectivity index (χ0n) is 7.91. The number of rotatable bonds is 4. The van der Waals surface area contributed by atoms with Crippen molar-refractivity contribution in [3.63, 3.8) is 0 Å². The van der Waals surface area contributed by atoms with Crippen molar-refractivity contribution in [3.8, 4) is 0 Å². The van der Waals surface area contributed by atoms with Crippen molar-refractivity contribution in [2.75, 3.05) is 26.9 Å². The minimum absolute atomic E-state index is 0.365. The molecule has 0 spiro atoms. The van der Waals surface area contributed by atoms with Crippen LogP contribution in [0.25, 0.3) is 0 Å². The van der Waals surface area contributed by atoms with Crippen LogP contribution in [0.3, 0.4) is 0 Å². The summed E-state index contributed by atoms with van der Waals surface area (Å²) in [5, 5.41) is 0. The molecule has 74 valence electrons. The summed E-state index contributed by atoms with van der Waals surface area (Å²) in [7, 11) is 1.63. The maximum absolute atomic E-state index is 10.0. The Bertz CT molecular complexity index is 188. The van der Waals surface area contributed by atoms with E-state index in [1.54, 1.807) is 7.11 Å². The van der Waals surface area contributed by atoms with E-state index in [0.717, 1.165) is 25.9 Å². The molecule has 1 unspecified atom stereocenters. The van der Waals surface area contributed by atoms with E-state index in [1.165, 1.54) is 6.08 Å². The van der Waals surface area contributed by atoms with E-state index >= 15 is 0 Å². The van der Waals surface area contributed by atoms with E-state index in [1.807, 2.05) is 0 Å². The standard InChI is InChI=1S/C9H15NO3/c1-12-7-9(6-10-8-11)4-2-3-5-13-9/h2-7H2,1H3. The highest BCUT2D eigenvalue weighted by Gasteiger charge is 2.33. The van der Waals surface area contributed by atoms with Gasteiger partial charge in [-0.05, 0) is 19.3 Å². The topological polar surface area (TPSA) is 47.9 Å². The summed E-state index contributed by atoms with van der Waals surface area (Å²) >= 11 is 0. The summed E-state index contributed by atoms with van der Waals surface area (Å²) in [6, 6.07) is 0. The molecule has 0 N–H and O–H groups in total. The minimum atomic E-state index is -0.371. The number of carbonyl (C=O) groups excluding carboxylic acids is 1. The fraction of sp³-hybridized carbons (Fsp3) is 0.889. The Morgan fingerprint density at radius 2 is 2.46 bits per heavy atom. The van der Waals surface area contributed by atoms with Crippen LogP contribution in [-0.2, 0) is 14.3 Å². The highest BCUT2D eigenvalue weighted by Crippen LogP contribution is 2.25. The maximum atomic E-state index is 10.0. The molecular formula is C9H15NO3. The molecule has 1 heterocycles. The van der Waals surface area contributed by atoms with Gasteiger partial charge in [-0.3, -0.25) is 0 Å². The van der Waals surface area contributed by atoms with Gasteiger partial charge in [0.15, 0.2) is 0 Å². The van der Waals surface area contributed by atoms with Gasteiger partial charge in [0, 0.05) is 13.7 Å². The molecule has 1 rings (SSSR count). The molecule has 4 heteroatoms. The minimum Gasteiger partial charge on any atom is -0.382 e. The number of hydrogen-bond acceptors (Lipinski definition) is 4. The second-order valence-electron chi connectivity index (χ2n) is 3.33. The molecule has 0 bridgehead atoms. The van der Waals surface area contributed by atoms with Crippen LogP contribution in [0.5, 0.6) is 0 Å². The first-order chi connectivity index (χ1) is 6.33. The zero-order chi connectivity index (χ0) is 9.57. The molecule has 1 aliphatic heterocycles. The van der Waals surface area contributed by atoms with E-state index in [-0.39, 0.29) is 5.60 Å². The Hall–Kier alpha value is -0.700. The van der Waals surface area contributed by atoms with Gasteiger partial charge in [0.2, 0.25) is 6.08 Å². The normalized spacial score (nSPS) is 28.1. The fourth-order valence-corrected chi connectivity index (χ4v) is 1.63. The van der Waals surface area contributed by atoms with Gasteiger partial charge >= 0.3 is 0 Å². The van der Waals surface area contributed by atoms with Crippen molar-refractivity contribution in [1.82, 2.24) is 0 Å². The van der Waals surface area contributed by atoms with Gasteiger partial charge in [-0.25, -0.2) is 9.79 Å². The Morgan fingerprint density at radius 3 is 3.00 bits per heavy atom. The third-order valence-corrected chi connectivity index (χ3v) is 2.27. The Morgan fingerprint density at radius 1 is 1.62 bits per heavy atom. The van der Waals surface area contributed by atoms with Crippen molar-refractivity contribution < 1.29 is 14.3 Å². The highest BCUT2D eigenvalue weighted by molar-refractivity contribution is 5.33. The Balaban J connectivity index is 2.54. The second-order valence-corrected chi connectivity index (χ2v) is 3.33. The highest BCUT2D eigenvalue weighted by atomic mass is 16.5. The first kappa shape index (κ1) is 10.4. The summed E-state index contributed by atoms with van der Waals surface area (Å²) in [6.07, 6.45) is 4.63. The number of isocyanates is 1. The SMILES string of the molecule is COCC1(CN=C=O)CCCCO1. The van der Waals surface area contributed by atoms with Gasteiger partial charge < -0.3 is 9.47 Å². The smallest absolute Gasteiger partial charge is 0.235 e. The lowest BCUT2D eigenvalue weighted by atomic mass is 9.95. The third kappa shape index (κ3) is 2.92. The molecule has 0 aromatic carbocycles. The lowest BCUT2D eigenvalue weighted by molar-refractivity contribution is -0.108. The van der Waals surface area contributed by atoms with Crippen LogP contribution < -0.4 is 0 Å². The van der Waals surface area contributed by atoms with Crippen LogP contribution in [-0.4, -0.2) is 38.5 Å². The van der Waals surface area contributed by atoms with E-state index < -0.39 is 0 Å². The number of methoxy groups -OCH3 is 1. The largest absolute Gasteiger partial charge is 0.382 e.